The molecule has 0 radical (unpaired) electrons. The largest absolute Gasteiger partial charge is 0.481 e. The normalized spacial score (nSPS) is 11.4. The molecule has 2 heterocycles. The van der Waals surface area contributed by atoms with Crippen molar-refractivity contribution in [3.63, 3.8) is 0 Å². The van der Waals surface area contributed by atoms with Crippen molar-refractivity contribution in [1.29, 1.82) is 0 Å². The molecule has 0 aliphatic rings. The van der Waals surface area contributed by atoms with Crippen LogP contribution in [0.2, 0.25) is 0 Å². The van der Waals surface area contributed by atoms with Gasteiger partial charge in [-0.1, -0.05) is 20.8 Å². The Morgan fingerprint density at radius 1 is 1.26 bits per heavy atom. The predicted octanol–water partition coefficient (Wildman–Crippen LogP) is 2.56. The average molecular weight is 279 g/mol. The highest BCUT2D eigenvalue weighted by molar-refractivity contribution is 7.13. The van der Waals surface area contributed by atoms with Crippen LogP contribution >= 0.6 is 11.3 Å². The van der Waals surface area contributed by atoms with Crippen molar-refractivity contribution in [2.45, 2.75) is 26.2 Å². The highest BCUT2D eigenvalue weighted by atomic mass is 32.1. The van der Waals surface area contributed by atoms with E-state index in [1.165, 1.54) is 18.4 Å². The fourth-order valence-electron chi connectivity index (χ4n) is 1.40. The summed E-state index contributed by atoms with van der Waals surface area (Å²) in [7, 11) is 1.53. The first-order valence-electron chi connectivity index (χ1n) is 5.80. The third-order valence-electron chi connectivity index (χ3n) is 2.44. The van der Waals surface area contributed by atoms with E-state index in [1.807, 2.05) is 5.38 Å². The van der Waals surface area contributed by atoms with Crippen LogP contribution in [0, 0.1) is 0 Å². The van der Waals surface area contributed by atoms with E-state index in [-0.39, 0.29) is 11.4 Å². The fourth-order valence-corrected chi connectivity index (χ4v) is 2.34. The average Bonchev–Trinajstić information content (AvgIpc) is 2.76. The minimum atomic E-state index is 0.0266. The molecule has 3 N–H and O–H groups in total. The van der Waals surface area contributed by atoms with E-state index in [9.17, 15) is 0 Å². The maximum atomic E-state index is 5.60. The molecule has 0 bridgehead atoms. The lowest BCUT2D eigenvalue weighted by Gasteiger charge is -2.14. The van der Waals surface area contributed by atoms with Crippen LogP contribution in [0.4, 0.5) is 16.9 Å². The fraction of sp³-hybridized carbons (Fsp3) is 0.417. The molecule has 0 atom stereocenters. The highest BCUT2D eigenvalue weighted by Crippen LogP contribution is 2.28. The molecular weight excluding hydrogens is 262 g/mol. The van der Waals surface area contributed by atoms with Gasteiger partial charge in [-0.25, -0.2) is 4.98 Å². The Kier molecular flexibility index (Phi) is 3.57. The number of nitrogens with zero attached hydrogens (tertiary/aromatic N) is 3. The standard InChI is InChI=1S/C12H17N5OS/c1-12(2,3)7-6-19-11(14-7)16-8-5-9(18-4)17-10(13)15-8/h5-6H,1-4H3,(H3,13,14,15,16,17). The van der Waals surface area contributed by atoms with Crippen LogP contribution in [0.1, 0.15) is 26.5 Å². The number of rotatable bonds is 3. The molecule has 0 saturated carbocycles. The van der Waals surface area contributed by atoms with Gasteiger partial charge in [0.05, 0.1) is 12.8 Å². The van der Waals surface area contributed by atoms with Gasteiger partial charge in [-0.15, -0.1) is 11.3 Å². The van der Waals surface area contributed by atoms with E-state index < -0.39 is 0 Å². The number of ether oxygens (including phenoxy) is 1. The molecule has 2 aromatic heterocycles. The molecule has 2 rings (SSSR count). The molecule has 0 amide bonds. The molecule has 19 heavy (non-hydrogen) atoms. The van der Waals surface area contributed by atoms with Crippen molar-refractivity contribution >= 4 is 28.2 Å². The van der Waals surface area contributed by atoms with E-state index in [4.69, 9.17) is 10.5 Å². The van der Waals surface area contributed by atoms with E-state index in [0.29, 0.717) is 11.7 Å². The van der Waals surface area contributed by atoms with Crippen molar-refractivity contribution in [3.05, 3.63) is 17.1 Å². The Hall–Kier alpha value is -1.89. The maximum absolute atomic E-state index is 5.60. The number of anilines is 3. The zero-order valence-electron chi connectivity index (χ0n) is 11.4. The second kappa shape index (κ2) is 5.00. The molecule has 102 valence electrons. The van der Waals surface area contributed by atoms with Gasteiger partial charge in [0.15, 0.2) is 5.13 Å². The molecule has 0 aromatic carbocycles. The quantitative estimate of drug-likeness (QED) is 0.898. The predicted molar refractivity (Wildman–Crippen MR) is 77.1 cm³/mol. The molecule has 0 aliphatic carbocycles. The minimum absolute atomic E-state index is 0.0266. The molecule has 0 spiro atoms. The van der Waals surface area contributed by atoms with Crippen molar-refractivity contribution in [3.8, 4) is 5.88 Å². The summed E-state index contributed by atoms with van der Waals surface area (Å²) >= 11 is 1.53. The first kappa shape index (κ1) is 13.5. The van der Waals surface area contributed by atoms with Crippen LogP contribution in [0.25, 0.3) is 0 Å². The van der Waals surface area contributed by atoms with Gasteiger partial charge in [0, 0.05) is 16.9 Å². The topological polar surface area (TPSA) is 86.0 Å². The number of nitrogens with two attached hydrogens (primary N) is 1. The number of nitrogen functional groups attached to an aromatic ring is 1. The zero-order valence-corrected chi connectivity index (χ0v) is 12.2. The van der Waals surface area contributed by atoms with Crippen LogP contribution in [0.15, 0.2) is 11.4 Å². The summed E-state index contributed by atoms with van der Waals surface area (Å²) in [6.07, 6.45) is 0. The third kappa shape index (κ3) is 3.31. The zero-order chi connectivity index (χ0) is 14.0. The van der Waals surface area contributed by atoms with Gasteiger partial charge in [0.2, 0.25) is 11.8 Å². The van der Waals surface area contributed by atoms with Crippen LogP contribution in [0.3, 0.4) is 0 Å². The maximum Gasteiger partial charge on any atom is 0.225 e. The first-order valence-corrected chi connectivity index (χ1v) is 6.68. The minimum Gasteiger partial charge on any atom is -0.481 e. The van der Waals surface area contributed by atoms with E-state index in [2.05, 4.69) is 41.0 Å². The molecule has 0 saturated heterocycles. The van der Waals surface area contributed by atoms with E-state index in [0.717, 1.165) is 10.8 Å². The van der Waals surface area contributed by atoms with E-state index >= 15 is 0 Å². The van der Waals surface area contributed by atoms with Crippen LogP contribution < -0.4 is 15.8 Å². The monoisotopic (exact) mass is 279 g/mol. The van der Waals surface area contributed by atoms with Gasteiger partial charge in [-0.2, -0.15) is 9.97 Å². The van der Waals surface area contributed by atoms with Crippen molar-refractivity contribution in [2.75, 3.05) is 18.2 Å². The van der Waals surface area contributed by atoms with Gasteiger partial charge in [0.1, 0.15) is 5.82 Å². The Morgan fingerprint density at radius 2 is 2.00 bits per heavy atom. The summed E-state index contributed by atoms with van der Waals surface area (Å²) in [5, 5.41) is 5.91. The summed E-state index contributed by atoms with van der Waals surface area (Å²) in [5.74, 6) is 1.15. The molecule has 6 nitrogen and oxygen atoms in total. The second-order valence-electron chi connectivity index (χ2n) is 5.07. The number of aromatic nitrogens is 3. The lowest BCUT2D eigenvalue weighted by molar-refractivity contribution is 0.398. The third-order valence-corrected chi connectivity index (χ3v) is 3.19. The molecule has 2 aromatic rings. The van der Waals surface area contributed by atoms with Gasteiger partial charge >= 0.3 is 0 Å². The van der Waals surface area contributed by atoms with Gasteiger partial charge < -0.3 is 15.8 Å². The molecule has 0 unspecified atom stereocenters. The van der Waals surface area contributed by atoms with Crippen molar-refractivity contribution < 1.29 is 4.74 Å². The Bertz CT molecular complexity index is 576. The SMILES string of the molecule is COc1cc(Nc2nc(C(C)(C)C)cs2)nc(N)n1. The Balaban J connectivity index is 2.21. The summed E-state index contributed by atoms with van der Waals surface area (Å²) in [4.78, 5) is 12.5. The lowest BCUT2D eigenvalue weighted by atomic mass is 9.93. The van der Waals surface area contributed by atoms with Crippen molar-refractivity contribution in [2.24, 2.45) is 0 Å². The number of methoxy groups -OCH3 is 1. The molecule has 0 fully saturated rings. The summed E-state index contributed by atoms with van der Waals surface area (Å²) in [6, 6.07) is 1.68. The van der Waals surface area contributed by atoms with Crippen LogP contribution in [-0.2, 0) is 5.41 Å². The summed E-state index contributed by atoms with van der Waals surface area (Å²) in [6.45, 7) is 6.37. The summed E-state index contributed by atoms with van der Waals surface area (Å²) < 4.78 is 5.04. The Labute approximate surface area is 116 Å². The first-order chi connectivity index (χ1) is 8.88. The number of hydrogen-bond acceptors (Lipinski definition) is 7. The summed E-state index contributed by atoms with van der Waals surface area (Å²) in [5.41, 5.74) is 6.67. The molecular formula is C12H17N5OS. The molecule has 7 heteroatoms. The molecule has 0 aliphatic heterocycles. The van der Waals surface area contributed by atoms with Gasteiger partial charge in [-0.05, 0) is 0 Å². The van der Waals surface area contributed by atoms with Crippen LogP contribution in [-0.4, -0.2) is 22.1 Å². The number of nitrogens with one attached hydrogen (secondary N) is 1. The second-order valence-corrected chi connectivity index (χ2v) is 5.92. The number of thiazole rings is 1. The highest BCUT2D eigenvalue weighted by Gasteiger charge is 2.17. The van der Waals surface area contributed by atoms with Gasteiger partial charge in [0.25, 0.3) is 0 Å². The van der Waals surface area contributed by atoms with Crippen LogP contribution in [0.5, 0.6) is 5.88 Å². The Morgan fingerprint density at radius 3 is 2.58 bits per heavy atom. The van der Waals surface area contributed by atoms with E-state index in [1.54, 1.807) is 6.07 Å². The van der Waals surface area contributed by atoms with Crippen molar-refractivity contribution in [1.82, 2.24) is 15.0 Å². The number of hydrogen-bond donors (Lipinski definition) is 2. The smallest absolute Gasteiger partial charge is 0.225 e. The lowest BCUT2D eigenvalue weighted by Crippen LogP contribution is -2.11. The van der Waals surface area contributed by atoms with Gasteiger partial charge in [-0.3, -0.25) is 0 Å².